The molecule has 0 rings (SSSR count). The van der Waals surface area contributed by atoms with Crippen molar-refractivity contribution in [2.45, 2.75) is 43.8 Å². The number of rotatable bonds is 12. The molecule has 138 valence electrons. The first kappa shape index (κ1) is 22.1. The molecule has 0 aliphatic rings. The second kappa shape index (κ2) is 11.6. The fourth-order valence-corrected chi connectivity index (χ4v) is 2.06. The molecular weight excluding hydrogens is 338 g/mol. The van der Waals surface area contributed by atoms with Crippen LogP contribution in [0.3, 0.4) is 0 Å². The van der Waals surface area contributed by atoms with Crippen molar-refractivity contribution in [3.63, 3.8) is 0 Å². The number of thiol groups is 1. The molecule has 0 saturated carbocycles. The van der Waals surface area contributed by atoms with Crippen LogP contribution >= 0.6 is 12.6 Å². The summed E-state index contributed by atoms with van der Waals surface area (Å²) in [6, 6.07) is -3.37. The number of aliphatic carboxylic acids is 1. The molecule has 3 amide bonds. The largest absolute Gasteiger partial charge is 0.480 e. The van der Waals surface area contributed by atoms with Crippen molar-refractivity contribution in [2.75, 3.05) is 12.3 Å². The lowest BCUT2D eigenvalue weighted by atomic mass is 10.1. The average Bonchev–Trinajstić information content (AvgIpc) is 2.50. The molecule has 11 heteroatoms. The number of carboxylic acids is 1. The fourth-order valence-electron chi connectivity index (χ4n) is 1.81. The van der Waals surface area contributed by atoms with Crippen molar-refractivity contribution in [2.24, 2.45) is 17.2 Å². The Hall–Kier alpha value is -1.85. The summed E-state index contributed by atoms with van der Waals surface area (Å²) < 4.78 is 0. The van der Waals surface area contributed by atoms with Gasteiger partial charge in [-0.25, -0.2) is 4.79 Å². The molecule has 3 atom stereocenters. The lowest BCUT2D eigenvalue weighted by molar-refractivity contribution is -0.141. The molecule has 0 aromatic heterocycles. The Morgan fingerprint density at radius 2 is 1.62 bits per heavy atom. The highest BCUT2D eigenvalue weighted by Crippen LogP contribution is 2.03. The number of carbonyl (C=O) groups is 4. The number of nitrogens with two attached hydrogens (primary N) is 3. The van der Waals surface area contributed by atoms with E-state index in [4.69, 9.17) is 22.3 Å². The van der Waals surface area contributed by atoms with Crippen molar-refractivity contribution in [3.05, 3.63) is 0 Å². The molecular formula is C13H25N5O5S. The van der Waals surface area contributed by atoms with Crippen LogP contribution in [-0.2, 0) is 19.2 Å². The van der Waals surface area contributed by atoms with Crippen LogP contribution in [0, 0.1) is 0 Å². The lowest BCUT2D eigenvalue weighted by Gasteiger charge is -2.22. The van der Waals surface area contributed by atoms with Gasteiger partial charge in [0, 0.05) is 5.75 Å². The summed E-state index contributed by atoms with van der Waals surface area (Å²) >= 11 is 3.85. The summed E-state index contributed by atoms with van der Waals surface area (Å²) in [6.07, 6.45) is 1.05. The second-order valence-corrected chi connectivity index (χ2v) is 5.57. The lowest BCUT2D eigenvalue weighted by Crippen LogP contribution is -2.55. The highest BCUT2D eigenvalue weighted by molar-refractivity contribution is 7.80. The molecule has 9 N–H and O–H groups in total. The zero-order valence-electron chi connectivity index (χ0n) is 13.2. The summed E-state index contributed by atoms with van der Waals surface area (Å²) in [7, 11) is 0. The molecule has 0 fully saturated rings. The number of carboxylic acid groups (broad SMARTS) is 1. The maximum absolute atomic E-state index is 12.2. The van der Waals surface area contributed by atoms with Crippen LogP contribution in [0.5, 0.6) is 0 Å². The van der Waals surface area contributed by atoms with E-state index in [0.29, 0.717) is 19.4 Å². The minimum atomic E-state index is -1.24. The molecule has 0 aliphatic heterocycles. The minimum Gasteiger partial charge on any atom is -0.480 e. The number of amides is 3. The molecule has 0 bridgehead atoms. The SMILES string of the molecule is NCCCC[C@H](NC(=O)[C@@H](N)CC(N)=O)C(=O)N[C@@H](CS)C(=O)O. The number of hydrogen-bond donors (Lipinski definition) is 7. The first-order valence-corrected chi connectivity index (χ1v) is 8.04. The van der Waals surface area contributed by atoms with E-state index >= 15 is 0 Å². The molecule has 0 saturated heterocycles. The topological polar surface area (TPSA) is 191 Å². The first-order valence-electron chi connectivity index (χ1n) is 7.41. The molecule has 0 aliphatic carbocycles. The van der Waals surface area contributed by atoms with Gasteiger partial charge in [-0.2, -0.15) is 12.6 Å². The number of primary amides is 1. The molecule has 0 heterocycles. The Bertz CT molecular complexity index is 462. The van der Waals surface area contributed by atoms with Crippen molar-refractivity contribution in [1.82, 2.24) is 10.6 Å². The smallest absolute Gasteiger partial charge is 0.327 e. The molecule has 0 aromatic rings. The van der Waals surface area contributed by atoms with Crippen molar-refractivity contribution < 1.29 is 24.3 Å². The third-order valence-corrected chi connectivity index (χ3v) is 3.50. The van der Waals surface area contributed by atoms with Crippen molar-refractivity contribution in [3.8, 4) is 0 Å². The predicted octanol–water partition coefficient (Wildman–Crippen LogP) is -2.70. The van der Waals surface area contributed by atoms with E-state index < -0.39 is 41.8 Å². The van der Waals surface area contributed by atoms with Crippen molar-refractivity contribution in [1.29, 1.82) is 0 Å². The van der Waals surface area contributed by atoms with Crippen LogP contribution in [0.15, 0.2) is 0 Å². The van der Waals surface area contributed by atoms with E-state index in [1.807, 2.05) is 0 Å². The molecule has 0 unspecified atom stereocenters. The van der Waals surface area contributed by atoms with Crippen LogP contribution in [0.2, 0.25) is 0 Å². The summed E-state index contributed by atoms with van der Waals surface area (Å²) in [5.74, 6) is -3.49. The summed E-state index contributed by atoms with van der Waals surface area (Å²) in [5, 5.41) is 13.6. The third-order valence-electron chi connectivity index (χ3n) is 3.13. The number of unbranched alkanes of at least 4 members (excludes halogenated alkanes) is 1. The van der Waals surface area contributed by atoms with Gasteiger partial charge in [0.15, 0.2) is 0 Å². The van der Waals surface area contributed by atoms with E-state index in [1.54, 1.807) is 0 Å². The van der Waals surface area contributed by atoms with Crippen LogP contribution in [0.4, 0.5) is 0 Å². The Balaban J connectivity index is 4.88. The van der Waals surface area contributed by atoms with Gasteiger partial charge in [0.1, 0.15) is 12.1 Å². The second-order valence-electron chi connectivity index (χ2n) is 5.20. The van der Waals surface area contributed by atoms with Crippen molar-refractivity contribution >= 4 is 36.3 Å². The van der Waals surface area contributed by atoms with E-state index in [-0.39, 0.29) is 18.6 Å². The Morgan fingerprint density at radius 3 is 2.08 bits per heavy atom. The van der Waals surface area contributed by atoms with Gasteiger partial charge in [-0.05, 0) is 25.8 Å². The number of carbonyl (C=O) groups excluding carboxylic acids is 3. The summed E-state index contributed by atoms with van der Waals surface area (Å²) in [5.41, 5.74) is 15.9. The van der Waals surface area contributed by atoms with Crippen LogP contribution in [0.1, 0.15) is 25.7 Å². The minimum absolute atomic E-state index is 0.105. The molecule has 0 radical (unpaired) electrons. The van der Waals surface area contributed by atoms with E-state index in [2.05, 4.69) is 23.3 Å². The van der Waals surface area contributed by atoms with Gasteiger partial charge in [-0.15, -0.1) is 0 Å². The van der Waals surface area contributed by atoms with Gasteiger partial charge in [0.25, 0.3) is 0 Å². The number of nitrogens with one attached hydrogen (secondary N) is 2. The van der Waals surface area contributed by atoms with E-state index in [0.717, 1.165) is 0 Å². The maximum Gasteiger partial charge on any atom is 0.327 e. The van der Waals surface area contributed by atoms with Gasteiger partial charge < -0.3 is 32.9 Å². The summed E-state index contributed by atoms with van der Waals surface area (Å²) in [4.78, 5) is 45.9. The van der Waals surface area contributed by atoms with Gasteiger partial charge in [-0.3, -0.25) is 14.4 Å². The third kappa shape index (κ3) is 8.70. The van der Waals surface area contributed by atoms with E-state index in [1.165, 1.54) is 0 Å². The van der Waals surface area contributed by atoms with E-state index in [9.17, 15) is 19.2 Å². The Morgan fingerprint density at radius 1 is 1.04 bits per heavy atom. The molecule has 0 spiro atoms. The van der Waals surface area contributed by atoms with Crippen LogP contribution in [0.25, 0.3) is 0 Å². The molecule has 24 heavy (non-hydrogen) atoms. The number of hydrogen-bond acceptors (Lipinski definition) is 7. The van der Waals surface area contributed by atoms with Gasteiger partial charge in [0.2, 0.25) is 17.7 Å². The zero-order chi connectivity index (χ0) is 18.7. The molecule has 0 aromatic carbocycles. The average molecular weight is 363 g/mol. The monoisotopic (exact) mass is 363 g/mol. The molecule has 10 nitrogen and oxygen atoms in total. The highest BCUT2D eigenvalue weighted by atomic mass is 32.1. The normalized spacial score (nSPS) is 14.3. The van der Waals surface area contributed by atoms with Gasteiger partial charge in [-0.1, -0.05) is 0 Å². The van der Waals surface area contributed by atoms with Gasteiger partial charge >= 0.3 is 5.97 Å². The quantitative estimate of drug-likeness (QED) is 0.145. The first-order chi connectivity index (χ1) is 11.2. The predicted molar refractivity (Wildman–Crippen MR) is 90.0 cm³/mol. The maximum atomic E-state index is 12.2. The summed E-state index contributed by atoms with van der Waals surface area (Å²) in [6.45, 7) is 0.415. The fraction of sp³-hybridized carbons (Fsp3) is 0.692. The van der Waals surface area contributed by atoms with Gasteiger partial charge in [0.05, 0.1) is 12.5 Å². The highest BCUT2D eigenvalue weighted by Gasteiger charge is 2.27. The van der Waals surface area contributed by atoms with Crippen LogP contribution in [-0.4, -0.2) is 59.2 Å². The Kier molecular flexibility index (Phi) is 10.8. The Labute approximate surface area is 145 Å². The van der Waals surface area contributed by atoms with Crippen LogP contribution < -0.4 is 27.8 Å². The standard InChI is InChI=1S/C13H25N5O5S/c14-4-2-1-3-8(12(21)18-9(6-24)13(22)23)17-11(20)7(15)5-10(16)19/h7-9,24H,1-6,14-15H2,(H2,16,19)(H,17,20)(H,18,21)(H,22,23)/t7-,8-,9-/m0/s1. The zero-order valence-corrected chi connectivity index (χ0v) is 14.1.